The van der Waals surface area contributed by atoms with Gasteiger partial charge in [-0.15, -0.1) is 0 Å². The summed E-state index contributed by atoms with van der Waals surface area (Å²) in [5.74, 6) is 0.916. The highest BCUT2D eigenvalue weighted by Crippen LogP contribution is 2.33. The third-order valence-electron chi connectivity index (χ3n) is 4.52. The molecule has 1 aliphatic heterocycles. The Labute approximate surface area is 150 Å². The molecule has 0 aromatic carbocycles. The van der Waals surface area contributed by atoms with Gasteiger partial charge in [0.2, 0.25) is 0 Å². The van der Waals surface area contributed by atoms with E-state index in [4.69, 9.17) is 4.74 Å². The standard InChI is InChI=1S/C17H22N6OS/c1-4-23-13(3)15(12(2)20-23)22-6-5-18-16(22)14-11-19-17(25-14)21-7-9-24-10-8-21/h5-6,11H,4,7-10H2,1-3H3. The van der Waals surface area contributed by atoms with Crippen molar-refractivity contribution in [3.05, 3.63) is 30.0 Å². The Morgan fingerprint density at radius 2 is 2.00 bits per heavy atom. The van der Waals surface area contributed by atoms with Gasteiger partial charge in [0.25, 0.3) is 0 Å². The SMILES string of the molecule is CCn1nc(C)c(-n2ccnc2-c2cnc(N3CCOCC3)s2)c1C. The van der Waals surface area contributed by atoms with Crippen LogP contribution in [0.15, 0.2) is 18.6 Å². The van der Waals surface area contributed by atoms with E-state index in [1.807, 2.05) is 30.2 Å². The second-order valence-corrected chi connectivity index (χ2v) is 7.07. The lowest BCUT2D eigenvalue weighted by atomic mass is 10.3. The van der Waals surface area contributed by atoms with Gasteiger partial charge in [0, 0.05) is 32.0 Å². The van der Waals surface area contributed by atoms with E-state index in [1.54, 1.807) is 11.3 Å². The molecule has 1 saturated heterocycles. The minimum atomic E-state index is 0.762. The quantitative estimate of drug-likeness (QED) is 0.718. The van der Waals surface area contributed by atoms with Crippen molar-refractivity contribution in [3.63, 3.8) is 0 Å². The van der Waals surface area contributed by atoms with Crippen molar-refractivity contribution in [2.24, 2.45) is 0 Å². The summed E-state index contributed by atoms with van der Waals surface area (Å²) in [6.45, 7) is 10.4. The Bertz CT molecular complexity index is 874. The third kappa shape index (κ3) is 2.85. The predicted octanol–water partition coefficient (Wildman–Crippen LogP) is 2.67. The molecule has 0 bridgehead atoms. The normalized spacial score (nSPS) is 15.1. The summed E-state index contributed by atoms with van der Waals surface area (Å²) in [6.07, 6.45) is 5.76. The van der Waals surface area contributed by atoms with Gasteiger partial charge < -0.3 is 9.64 Å². The second kappa shape index (κ2) is 6.61. The van der Waals surface area contributed by atoms with E-state index >= 15 is 0 Å². The Morgan fingerprint density at radius 3 is 2.72 bits per heavy atom. The molecule has 0 atom stereocenters. The highest BCUT2D eigenvalue weighted by Gasteiger charge is 2.20. The summed E-state index contributed by atoms with van der Waals surface area (Å²) in [7, 11) is 0. The van der Waals surface area contributed by atoms with Crippen molar-refractivity contribution < 1.29 is 4.74 Å². The zero-order valence-corrected chi connectivity index (χ0v) is 15.6. The monoisotopic (exact) mass is 358 g/mol. The molecule has 132 valence electrons. The Balaban J connectivity index is 1.71. The lowest BCUT2D eigenvalue weighted by Gasteiger charge is -2.25. The number of hydrogen-bond donors (Lipinski definition) is 0. The molecule has 0 amide bonds. The van der Waals surface area contributed by atoms with Crippen LogP contribution in [-0.4, -0.2) is 50.6 Å². The van der Waals surface area contributed by atoms with Gasteiger partial charge in [0.05, 0.1) is 41.4 Å². The number of anilines is 1. The fraction of sp³-hybridized carbons (Fsp3) is 0.471. The molecule has 0 radical (unpaired) electrons. The molecule has 1 aliphatic rings. The van der Waals surface area contributed by atoms with Crippen LogP contribution >= 0.6 is 11.3 Å². The summed E-state index contributed by atoms with van der Waals surface area (Å²) < 4.78 is 9.58. The first-order valence-electron chi connectivity index (χ1n) is 8.55. The summed E-state index contributed by atoms with van der Waals surface area (Å²) in [4.78, 5) is 12.5. The summed E-state index contributed by atoms with van der Waals surface area (Å²) in [5, 5.41) is 5.66. The molecule has 3 aromatic heterocycles. The van der Waals surface area contributed by atoms with Crippen LogP contribution in [0, 0.1) is 13.8 Å². The van der Waals surface area contributed by atoms with E-state index in [2.05, 4.69) is 38.4 Å². The highest BCUT2D eigenvalue weighted by atomic mass is 32.1. The average Bonchev–Trinajstić information content (AvgIpc) is 3.34. The van der Waals surface area contributed by atoms with Crippen LogP contribution in [-0.2, 0) is 11.3 Å². The molecule has 8 heteroatoms. The van der Waals surface area contributed by atoms with Crippen LogP contribution in [0.2, 0.25) is 0 Å². The smallest absolute Gasteiger partial charge is 0.186 e. The molecule has 4 heterocycles. The number of thiazole rings is 1. The van der Waals surface area contributed by atoms with Crippen molar-refractivity contribution in [1.82, 2.24) is 24.3 Å². The van der Waals surface area contributed by atoms with Crippen LogP contribution in [0.3, 0.4) is 0 Å². The van der Waals surface area contributed by atoms with E-state index in [0.717, 1.165) is 65.8 Å². The molecule has 0 aliphatic carbocycles. The van der Waals surface area contributed by atoms with Crippen molar-refractivity contribution in [2.75, 3.05) is 31.2 Å². The Morgan fingerprint density at radius 1 is 1.20 bits per heavy atom. The molecule has 0 unspecified atom stereocenters. The number of aromatic nitrogens is 5. The number of ether oxygens (including phenoxy) is 1. The van der Waals surface area contributed by atoms with Gasteiger partial charge >= 0.3 is 0 Å². The molecule has 25 heavy (non-hydrogen) atoms. The number of morpholine rings is 1. The largest absolute Gasteiger partial charge is 0.378 e. The zero-order chi connectivity index (χ0) is 17.4. The van der Waals surface area contributed by atoms with Crippen molar-refractivity contribution in [1.29, 1.82) is 0 Å². The first-order valence-corrected chi connectivity index (χ1v) is 9.37. The van der Waals surface area contributed by atoms with Crippen molar-refractivity contribution in [2.45, 2.75) is 27.3 Å². The Hall–Kier alpha value is -2.19. The van der Waals surface area contributed by atoms with Crippen LogP contribution < -0.4 is 4.90 Å². The van der Waals surface area contributed by atoms with E-state index in [0.29, 0.717) is 0 Å². The average molecular weight is 358 g/mol. The van der Waals surface area contributed by atoms with Crippen LogP contribution in [0.4, 0.5) is 5.13 Å². The molecule has 4 rings (SSSR count). The lowest BCUT2D eigenvalue weighted by molar-refractivity contribution is 0.122. The maximum Gasteiger partial charge on any atom is 0.186 e. The molecule has 0 saturated carbocycles. The predicted molar refractivity (Wildman–Crippen MR) is 98.6 cm³/mol. The van der Waals surface area contributed by atoms with Gasteiger partial charge in [0.1, 0.15) is 0 Å². The van der Waals surface area contributed by atoms with Gasteiger partial charge in [0.15, 0.2) is 11.0 Å². The van der Waals surface area contributed by atoms with Gasteiger partial charge in [-0.1, -0.05) is 11.3 Å². The molecule has 0 N–H and O–H groups in total. The van der Waals surface area contributed by atoms with E-state index in [-0.39, 0.29) is 0 Å². The first-order chi connectivity index (χ1) is 12.2. The summed E-state index contributed by atoms with van der Waals surface area (Å²) in [5.41, 5.74) is 3.27. The fourth-order valence-corrected chi connectivity index (χ4v) is 4.24. The number of rotatable bonds is 4. The number of nitrogens with zero attached hydrogens (tertiary/aromatic N) is 6. The molecule has 1 fully saturated rings. The van der Waals surface area contributed by atoms with Crippen LogP contribution in [0.1, 0.15) is 18.3 Å². The highest BCUT2D eigenvalue weighted by molar-refractivity contribution is 7.18. The van der Waals surface area contributed by atoms with E-state index in [1.165, 1.54) is 0 Å². The second-order valence-electron chi connectivity index (χ2n) is 6.06. The zero-order valence-electron chi connectivity index (χ0n) is 14.8. The minimum Gasteiger partial charge on any atom is -0.378 e. The lowest BCUT2D eigenvalue weighted by Crippen LogP contribution is -2.36. The topological polar surface area (TPSA) is 61.0 Å². The molecular weight excluding hydrogens is 336 g/mol. The number of imidazole rings is 1. The van der Waals surface area contributed by atoms with Crippen LogP contribution in [0.5, 0.6) is 0 Å². The molecule has 7 nitrogen and oxygen atoms in total. The Kier molecular flexibility index (Phi) is 4.30. The molecule has 3 aromatic rings. The van der Waals surface area contributed by atoms with Crippen molar-refractivity contribution in [3.8, 4) is 16.4 Å². The van der Waals surface area contributed by atoms with E-state index < -0.39 is 0 Å². The summed E-state index contributed by atoms with van der Waals surface area (Å²) in [6, 6.07) is 0. The number of aryl methyl sites for hydroxylation is 2. The van der Waals surface area contributed by atoms with E-state index in [9.17, 15) is 0 Å². The minimum absolute atomic E-state index is 0.762. The number of hydrogen-bond acceptors (Lipinski definition) is 6. The van der Waals surface area contributed by atoms with Gasteiger partial charge in [-0.25, -0.2) is 9.97 Å². The summed E-state index contributed by atoms with van der Waals surface area (Å²) >= 11 is 1.68. The van der Waals surface area contributed by atoms with Gasteiger partial charge in [-0.05, 0) is 20.8 Å². The van der Waals surface area contributed by atoms with Gasteiger partial charge in [-0.3, -0.25) is 9.25 Å². The third-order valence-corrected chi connectivity index (χ3v) is 5.57. The maximum absolute atomic E-state index is 5.43. The fourth-order valence-electron chi connectivity index (χ4n) is 3.28. The molecule has 0 spiro atoms. The van der Waals surface area contributed by atoms with Crippen molar-refractivity contribution >= 4 is 16.5 Å². The van der Waals surface area contributed by atoms with Crippen LogP contribution in [0.25, 0.3) is 16.4 Å². The first kappa shape index (κ1) is 16.3. The molecular formula is C17H22N6OS. The van der Waals surface area contributed by atoms with Gasteiger partial charge in [-0.2, -0.15) is 5.10 Å². The maximum atomic E-state index is 5.43.